The number of nitrogens with two attached hydrogens (primary N) is 1. The van der Waals surface area contributed by atoms with Crippen molar-refractivity contribution in [2.75, 3.05) is 27.2 Å². The van der Waals surface area contributed by atoms with Crippen molar-refractivity contribution in [3.8, 4) is 0 Å². The summed E-state index contributed by atoms with van der Waals surface area (Å²) in [6, 6.07) is 9.94. The Hall–Kier alpha value is -1.39. The molecule has 0 aromatic heterocycles. The van der Waals surface area contributed by atoms with Crippen molar-refractivity contribution < 1.29 is 4.79 Å². The Labute approximate surface area is 116 Å². The van der Waals surface area contributed by atoms with Crippen molar-refractivity contribution in [3.63, 3.8) is 0 Å². The average Bonchev–Trinajstić information content (AvgIpc) is 2.37. The van der Waals surface area contributed by atoms with Crippen LogP contribution in [0.2, 0.25) is 0 Å². The van der Waals surface area contributed by atoms with Gasteiger partial charge >= 0.3 is 0 Å². The predicted octanol–water partition coefficient (Wildman–Crippen LogP) is 1.19. The van der Waals surface area contributed by atoms with Gasteiger partial charge in [0.1, 0.15) is 0 Å². The van der Waals surface area contributed by atoms with Crippen molar-refractivity contribution in [2.45, 2.75) is 25.3 Å². The average molecular weight is 263 g/mol. The van der Waals surface area contributed by atoms with E-state index in [1.165, 1.54) is 5.56 Å². The Balaban J connectivity index is 2.51. The lowest BCUT2D eigenvalue weighted by Gasteiger charge is -2.21. The monoisotopic (exact) mass is 263 g/mol. The molecular weight excluding hydrogens is 238 g/mol. The minimum atomic E-state index is -0.276. The molecule has 0 saturated heterocycles. The zero-order valence-electron chi connectivity index (χ0n) is 12.1. The first-order valence-corrected chi connectivity index (χ1v) is 6.73. The van der Waals surface area contributed by atoms with Crippen LogP contribution in [0.15, 0.2) is 30.3 Å². The number of likely N-dealkylation sites (N-methyl/N-ethyl adjacent to an activating group) is 1. The van der Waals surface area contributed by atoms with Gasteiger partial charge in [0.15, 0.2) is 0 Å². The molecule has 0 radical (unpaired) electrons. The van der Waals surface area contributed by atoms with Crippen LogP contribution in [0.4, 0.5) is 0 Å². The van der Waals surface area contributed by atoms with Gasteiger partial charge in [-0.2, -0.15) is 0 Å². The van der Waals surface area contributed by atoms with E-state index in [9.17, 15) is 4.79 Å². The number of nitrogens with zero attached hydrogens (tertiary/aromatic N) is 1. The van der Waals surface area contributed by atoms with E-state index in [0.29, 0.717) is 5.92 Å². The number of carbonyl (C=O) groups is 1. The largest absolute Gasteiger partial charge is 0.368 e. The summed E-state index contributed by atoms with van der Waals surface area (Å²) in [5.41, 5.74) is 6.70. The van der Waals surface area contributed by atoms with Crippen LogP contribution < -0.4 is 11.1 Å². The molecule has 3 N–H and O–H groups in total. The number of amides is 1. The quantitative estimate of drug-likeness (QED) is 0.740. The van der Waals surface area contributed by atoms with Crippen LogP contribution in [0.1, 0.15) is 24.8 Å². The van der Waals surface area contributed by atoms with Crippen molar-refractivity contribution in [1.29, 1.82) is 0 Å². The lowest BCUT2D eigenvalue weighted by molar-refractivity contribution is -0.120. The Morgan fingerprint density at radius 2 is 1.95 bits per heavy atom. The topological polar surface area (TPSA) is 58.4 Å². The first-order valence-electron chi connectivity index (χ1n) is 6.73. The Morgan fingerprint density at radius 1 is 1.32 bits per heavy atom. The second-order valence-corrected chi connectivity index (χ2v) is 5.26. The lowest BCUT2D eigenvalue weighted by atomic mass is 9.93. The van der Waals surface area contributed by atoms with Gasteiger partial charge in [-0.25, -0.2) is 0 Å². The summed E-state index contributed by atoms with van der Waals surface area (Å²) in [4.78, 5) is 13.6. The van der Waals surface area contributed by atoms with Crippen molar-refractivity contribution in [2.24, 2.45) is 5.73 Å². The fourth-order valence-corrected chi connectivity index (χ4v) is 2.03. The maximum Gasteiger partial charge on any atom is 0.234 e. The third-order valence-corrected chi connectivity index (χ3v) is 3.25. The molecule has 0 aliphatic heterocycles. The van der Waals surface area contributed by atoms with E-state index in [1.54, 1.807) is 0 Å². The molecule has 1 aromatic rings. The molecule has 0 saturated carbocycles. The smallest absolute Gasteiger partial charge is 0.234 e. The van der Waals surface area contributed by atoms with E-state index in [1.807, 2.05) is 32.3 Å². The number of primary amides is 1. The van der Waals surface area contributed by atoms with E-state index >= 15 is 0 Å². The normalized spacial score (nSPS) is 14.3. The summed E-state index contributed by atoms with van der Waals surface area (Å²) < 4.78 is 0. The fraction of sp³-hybridized carbons (Fsp3) is 0.533. The number of carbonyl (C=O) groups excluding carboxylic acids is 1. The molecule has 106 valence electrons. The number of benzene rings is 1. The molecule has 0 spiro atoms. The van der Waals surface area contributed by atoms with Crippen LogP contribution in [-0.4, -0.2) is 44.0 Å². The van der Waals surface area contributed by atoms with E-state index in [0.717, 1.165) is 19.5 Å². The van der Waals surface area contributed by atoms with Crippen molar-refractivity contribution in [1.82, 2.24) is 10.2 Å². The molecule has 1 amide bonds. The maximum atomic E-state index is 11.5. The first-order chi connectivity index (χ1) is 9.00. The second kappa shape index (κ2) is 7.92. The summed E-state index contributed by atoms with van der Waals surface area (Å²) in [6.45, 7) is 3.78. The van der Waals surface area contributed by atoms with Gasteiger partial charge in [0.25, 0.3) is 0 Å². The molecule has 0 heterocycles. The van der Waals surface area contributed by atoms with Gasteiger partial charge in [0.05, 0.1) is 6.04 Å². The molecule has 0 fully saturated rings. The summed E-state index contributed by atoms with van der Waals surface area (Å²) >= 11 is 0. The zero-order valence-corrected chi connectivity index (χ0v) is 12.1. The van der Waals surface area contributed by atoms with Gasteiger partial charge in [0, 0.05) is 13.1 Å². The Bertz CT molecular complexity index is 378. The third kappa shape index (κ3) is 5.85. The lowest BCUT2D eigenvalue weighted by Crippen LogP contribution is -2.44. The predicted molar refractivity (Wildman–Crippen MR) is 79.0 cm³/mol. The first kappa shape index (κ1) is 15.7. The van der Waals surface area contributed by atoms with Crippen LogP contribution in [0, 0.1) is 0 Å². The molecular formula is C15H25N3O. The second-order valence-electron chi connectivity index (χ2n) is 5.26. The molecule has 4 heteroatoms. The van der Waals surface area contributed by atoms with E-state index in [-0.39, 0.29) is 11.9 Å². The fourth-order valence-electron chi connectivity index (χ4n) is 2.03. The number of hydrogen-bond acceptors (Lipinski definition) is 3. The summed E-state index contributed by atoms with van der Waals surface area (Å²) in [7, 11) is 4.01. The van der Waals surface area contributed by atoms with E-state index < -0.39 is 0 Å². The van der Waals surface area contributed by atoms with Gasteiger partial charge in [-0.15, -0.1) is 0 Å². The maximum absolute atomic E-state index is 11.5. The Morgan fingerprint density at radius 3 is 2.47 bits per heavy atom. The van der Waals surface area contributed by atoms with E-state index in [4.69, 9.17) is 5.73 Å². The van der Waals surface area contributed by atoms with Crippen molar-refractivity contribution >= 4 is 5.91 Å². The van der Waals surface area contributed by atoms with Crippen molar-refractivity contribution in [3.05, 3.63) is 35.9 Å². The van der Waals surface area contributed by atoms with Crippen LogP contribution >= 0.6 is 0 Å². The molecule has 1 aromatic carbocycles. The summed E-state index contributed by atoms with van der Waals surface area (Å²) in [6.07, 6.45) is 0.729. The minimum absolute atomic E-state index is 0.268. The molecule has 0 aliphatic carbocycles. The van der Waals surface area contributed by atoms with Gasteiger partial charge in [0.2, 0.25) is 5.91 Å². The van der Waals surface area contributed by atoms with Gasteiger partial charge in [-0.1, -0.05) is 37.3 Å². The molecule has 4 nitrogen and oxygen atoms in total. The molecule has 0 aliphatic rings. The number of hydrogen-bond donors (Lipinski definition) is 2. The highest BCUT2D eigenvalue weighted by atomic mass is 16.1. The number of rotatable bonds is 8. The van der Waals surface area contributed by atoms with E-state index in [2.05, 4.69) is 29.3 Å². The summed E-state index contributed by atoms with van der Waals surface area (Å²) in [5, 5.41) is 3.23. The molecule has 2 atom stereocenters. The van der Waals surface area contributed by atoms with Crippen LogP contribution in [0.5, 0.6) is 0 Å². The van der Waals surface area contributed by atoms with Crippen LogP contribution in [0.25, 0.3) is 0 Å². The summed E-state index contributed by atoms with van der Waals surface area (Å²) in [5.74, 6) is 0.0343. The highest BCUT2D eigenvalue weighted by Gasteiger charge is 2.18. The third-order valence-electron chi connectivity index (χ3n) is 3.25. The zero-order chi connectivity index (χ0) is 14.3. The van der Waals surface area contributed by atoms with Gasteiger partial charge < -0.3 is 16.0 Å². The number of nitrogens with one attached hydrogen (secondary N) is 1. The van der Waals surface area contributed by atoms with Crippen LogP contribution in [-0.2, 0) is 4.79 Å². The highest BCUT2D eigenvalue weighted by molar-refractivity contribution is 5.79. The standard InChI is InChI=1S/C15H25N3O/c1-12(13-7-5-4-6-8-13)11-14(15(16)19)17-9-10-18(2)3/h4-8,12,14,17H,9-11H2,1-3H3,(H2,16,19). The molecule has 19 heavy (non-hydrogen) atoms. The highest BCUT2D eigenvalue weighted by Crippen LogP contribution is 2.20. The van der Waals surface area contributed by atoms with Gasteiger partial charge in [-0.3, -0.25) is 4.79 Å². The molecule has 2 unspecified atom stereocenters. The SMILES string of the molecule is CC(CC(NCCN(C)C)C(N)=O)c1ccccc1. The van der Waals surface area contributed by atoms with Gasteiger partial charge in [-0.05, 0) is 32.0 Å². The Kier molecular flexibility index (Phi) is 6.53. The van der Waals surface area contributed by atoms with Crippen LogP contribution in [0.3, 0.4) is 0 Å². The minimum Gasteiger partial charge on any atom is -0.368 e. The molecule has 0 bridgehead atoms. The molecule has 1 rings (SSSR count).